The molecule has 11 heteroatoms. The lowest BCUT2D eigenvalue weighted by atomic mass is 9.80. The van der Waals surface area contributed by atoms with E-state index in [4.69, 9.17) is 16.2 Å². The van der Waals surface area contributed by atoms with Gasteiger partial charge in [-0.15, -0.1) is 0 Å². The highest BCUT2D eigenvalue weighted by atomic mass is 19.1. The van der Waals surface area contributed by atoms with E-state index in [1.54, 1.807) is 19.2 Å². The topological polar surface area (TPSA) is 149 Å². The zero-order valence-corrected chi connectivity index (χ0v) is 19.2. The first-order valence-electron chi connectivity index (χ1n) is 11.1. The molecule has 1 aliphatic rings. The van der Waals surface area contributed by atoms with Gasteiger partial charge < -0.3 is 26.6 Å². The molecule has 1 amide bonds. The Morgan fingerprint density at radius 3 is 2.66 bits per heavy atom. The number of rotatable bonds is 5. The van der Waals surface area contributed by atoms with Crippen LogP contribution in [-0.4, -0.2) is 43.7 Å². The second-order valence-electron chi connectivity index (χ2n) is 8.47. The van der Waals surface area contributed by atoms with Crippen LogP contribution in [0.5, 0.6) is 0 Å². The third kappa shape index (κ3) is 4.57. The summed E-state index contributed by atoms with van der Waals surface area (Å²) in [6.45, 7) is 3.59. The fourth-order valence-electron chi connectivity index (χ4n) is 4.28. The minimum absolute atomic E-state index is 0.0778. The summed E-state index contributed by atoms with van der Waals surface area (Å²) in [4.78, 5) is 25.1. The molecule has 3 heterocycles. The quantitative estimate of drug-likeness (QED) is 0.432. The third-order valence-electron chi connectivity index (χ3n) is 6.42. The molecule has 1 aromatic carbocycles. The SMILES string of the molecule is CC[C@]1(O)[C@H](N)C[C@H](c2ccncc2NC(=O)c2nc(-c3c(F)cccc3F)ncc2N)O[C@@H]1C. The van der Waals surface area contributed by atoms with Gasteiger partial charge in [0.05, 0.1) is 41.5 Å². The molecule has 4 atom stereocenters. The largest absolute Gasteiger partial charge is 0.396 e. The number of ether oxygens (including phenoxy) is 1. The van der Waals surface area contributed by atoms with Gasteiger partial charge in [0.1, 0.15) is 17.2 Å². The highest BCUT2D eigenvalue weighted by molar-refractivity contribution is 6.06. The van der Waals surface area contributed by atoms with Gasteiger partial charge >= 0.3 is 0 Å². The van der Waals surface area contributed by atoms with E-state index in [-0.39, 0.29) is 17.2 Å². The summed E-state index contributed by atoms with van der Waals surface area (Å²) in [5.41, 5.74) is 11.1. The van der Waals surface area contributed by atoms with E-state index in [9.17, 15) is 18.7 Å². The number of nitrogens with one attached hydrogen (secondary N) is 1. The van der Waals surface area contributed by atoms with Crippen LogP contribution in [0.4, 0.5) is 20.2 Å². The van der Waals surface area contributed by atoms with E-state index >= 15 is 0 Å². The van der Waals surface area contributed by atoms with Crippen molar-refractivity contribution in [2.24, 2.45) is 5.73 Å². The number of hydrogen-bond donors (Lipinski definition) is 4. The summed E-state index contributed by atoms with van der Waals surface area (Å²) >= 11 is 0. The molecule has 0 spiro atoms. The van der Waals surface area contributed by atoms with Crippen molar-refractivity contribution < 1.29 is 23.4 Å². The minimum atomic E-state index is -1.17. The van der Waals surface area contributed by atoms with E-state index in [1.165, 1.54) is 12.3 Å². The maximum absolute atomic E-state index is 14.2. The summed E-state index contributed by atoms with van der Waals surface area (Å²) in [6.07, 6.45) is 3.77. The van der Waals surface area contributed by atoms with Crippen molar-refractivity contribution in [1.82, 2.24) is 15.0 Å². The van der Waals surface area contributed by atoms with Crippen LogP contribution in [0.25, 0.3) is 11.4 Å². The second-order valence-corrected chi connectivity index (χ2v) is 8.47. The molecule has 9 nitrogen and oxygen atoms in total. The first-order chi connectivity index (χ1) is 16.7. The molecule has 1 saturated heterocycles. The highest BCUT2D eigenvalue weighted by Crippen LogP contribution is 2.40. The first kappa shape index (κ1) is 24.6. The molecule has 6 N–H and O–H groups in total. The Kier molecular flexibility index (Phi) is 6.75. The minimum Gasteiger partial charge on any atom is -0.396 e. The fourth-order valence-corrected chi connectivity index (χ4v) is 4.28. The van der Waals surface area contributed by atoms with Gasteiger partial charge in [-0.1, -0.05) is 13.0 Å². The molecule has 1 aliphatic heterocycles. The van der Waals surface area contributed by atoms with E-state index in [1.807, 2.05) is 6.92 Å². The molecular formula is C24H26F2N6O3. The summed E-state index contributed by atoms with van der Waals surface area (Å²) in [5, 5.41) is 13.5. The van der Waals surface area contributed by atoms with Crippen LogP contribution in [0.1, 0.15) is 48.8 Å². The normalized spacial score (nSPS) is 24.2. The number of aliphatic hydroxyl groups is 1. The van der Waals surface area contributed by atoms with Crippen LogP contribution in [0.3, 0.4) is 0 Å². The molecule has 1 fully saturated rings. The van der Waals surface area contributed by atoms with Gasteiger partial charge in [-0.05, 0) is 38.0 Å². The number of benzene rings is 1. The lowest BCUT2D eigenvalue weighted by Crippen LogP contribution is -2.59. The lowest BCUT2D eigenvalue weighted by Gasteiger charge is -2.45. The van der Waals surface area contributed by atoms with Gasteiger partial charge in [-0.2, -0.15) is 0 Å². The molecule has 0 aliphatic carbocycles. The zero-order chi connectivity index (χ0) is 25.3. The Bertz CT molecular complexity index is 1230. The van der Waals surface area contributed by atoms with E-state index in [2.05, 4.69) is 20.3 Å². The lowest BCUT2D eigenvalue weighted by molar-refractivity contribution is -0.181. The van der Waals surface area contributed by atoms with Crippen molar-refractivity contribution in [3.05, 3.63) is 65.7 Å². The summed E-state index contributed by atoms with van der Waals surface area (Å²) in [6, 6.07) is 4.47. The van der Waals surface area contributed by atoms with Crippen molar-refractivity contribution in [3.8, 4) is 11.4 Å². The molecule has 2 aromatic heterocycles. The van der Waals surface area contributed by atoms with Crippen molar-refractivity contribution in [1.29, 1.82) is 0 Å². The highest BCUT2D eigenvalue weighted by Gasteiger charge is 2.46. The number of hydrogen-bond acceptors (Lipinski definition) is 8. The molecular weight excluding hydrogens is 458 g/mol. The Labute approximate surface area is 200 Å². The van der Waals surface area contributed by atoms with Crippen molar-refractivity contribution in [2.45, 2.75) is 50.5 Å². The number of nitrogens with zero attached hydrogens (tertiary/aromatic N) is 3. The average molecular weight is 485 g/mol. The predicted octanol–water partition coefficient (Wildman–Crippen LogP) is 2.97. The number of amides is 1. The van der Waals surface area contributed by atoms with Crippen LogP contribution in [0.2, 0.25) is 0 Å². The zero-order valence-electron chi connectivity index (χ0n) is 19.2. The van der Waals surface area contributed by atoms with Gasteiger partial charge in [-0.3, -0.25) is 9.78 Å². The van der Waals surface area contributed by atoms with Crippen molar-refractivity contribution in [2.75, 3.05) is 11.1 Å². The Morgan fingerprint density at radius 2 is 2.00 bits per heavy atom. The van der Waals surface area contributed by atoms with Gasteiger partial charge in [0, 0.05) is 17.8 Å². The van der Waals surface area contributed by atoms with Gasteiger partial charge in [0.2, 0.25) is 0 Å². The van der Waals surface area contributed by atoms with Crippen LogP contribution in [0, 0.1) is 11.6 Å². The molecule has 35 heavy (non-hydrogen) atoms. The number of carbonyl (C=O) groups excluding carboxylic acids is 1. The first-order valence-corrected chi connectivity index (χ1v) is 11.1. The number of nitrogen functional groups attached to an aromatic ring is 1. The van der Waals surface area contributed by atoms with E-state index in [0.717, 1.165) is 18.3 Å². The molecule has 0 radical (unpaired) electrons. The number of pyridine rings is 1. The van der Waals surface area contributed by atoms with Gasteiger partial charge in [0.25, 0.3) is 5.91 Å². The van der Waals surface area contributed by atoms with Gasteiger partial charge in [-0.25, -0.2) is 18.7 Å². The molecule has 4 rings (SSSR count). The maximum Gasteiger partial charge on any atom is 0.276 e. The van der Waals surface area contributed by atoms with Crippen LogP contribution >= 0.6 is 0 Å². The smallest absolute Gasteiger partial charge is 0.276 e. The number of carbonyl (C=O) groups is 1. The monoisotopic (exact) mass is 484 g/mol. The summed E-state index contributed by atoms with van der Waals surface area (Å²) in [5.74, 6) is -2.79. The molecule has 0 saturated carbocycles. The van der Waals surface area contributed by atoms with E-state index < -0.39 is 47.0 Å². The number of halogens is 2. The number of anilines is 2. The Morgan fingerprint density at radius 1 is 1.29 bits per heavy atom. The van der Waals surface area contributed by atoms with E-state index in [0.29, 0.717) is 24.1 Å². The average Bonchev–Trinajstić information content (AvgIpc) is 2.83. The van der Waals surface area contributed by atoms with Crippen molar-refractivity contribution >= 4 is 17.3 Å². The maximum atomic E-state index is 14.2. The van der Waals surface area contributed by atoms with Crippen LogP contribution in [0.15, 0.2) is 42.9 Å². The number of nitrogens with two attached hydrogens (primary N) is 2. The van der Waals surface area contributed by atoms with Crippen LogP contribution < -0.4 is 16.8 Å². The predicted molar refractivity (Wildman–Crippen MR) is 125 cm³/mol. The molecule has 3 aromatic rings. The standard InChI is InChI=1S/C24H26F2N6O3/c1-3-24(34)12(2)35-18(9-19(24)28)13-7-8-29-11-17(13)31-23(33)21-16(27)10-30-22(32-21)20-14(25)5-4-6-15(20)26/h4-8,10-12,18-19,34H,3,9,27-28H2,1-2H3,(H,31,33)/t12-,18-,19-,24-/m1/s1. The second kappa shape index (κ2) is 9.61. The van der Waals surface area contributed by atoms with Gasteiger partial charge in [0.15, 0.2) is 11.5 Å². The molecule has 0 bridgehead atoms. The Hall–Kier alpha value is -3.54. The molecule has 184 valence electrons. The third-order valence-corrected chi connectivity index (χ3v) is 6.42. The fraction of sp³-hybridized carbons (Fsp3) is 0.333. The summed E-state index contributed by atoms with van der Waals surface area (Å²) in [7, 11) is 0. The Balaban J connectivity index is 1.63. The molecule has 0 unspecified atom stereocenters. The van der Waals surface area contributed by atoms with Crippen molar-refractivity contribution in [3.63, 3.8) is 0 Å². The number of aromatic nitrogens is 3. The van der Waals surface area contributed by atoms with Crippen LogP contribution in [-0.2, 0) is 4.74 Å². The summed E-state index contributed by atoms with van der Waals surface area (Å²) < 4.78 is 34.5.